The zero-order valence-electron chi connectivity index (χ0n) is 18.7. The maximum Gasteiger partial charge on any atom is 0.175 e. The van der Waals surface area contributed by atoms with E-state index in [2.05, 4.69) is 33.8 Å². The highest BCUT2D eigenvalue weighted by Gasteiger charge is 2.41. The minimum atomic E-state index is -3.23. The summed E-state index contributed by atoms with van der Waals surface area (Å²) in [5.74, 6) is 0.848. The fourth-order valence-corrected chi connectivity index (χ4v) is 8.43. The van der Waals surface area contributed by atoms with Gasteiger partial charge >= 0.3 is 0 Å². The Morgan fingerprint density at radius 3 is 2.14 bits per heavy atom. The van der Waals surface area contributed by atoms with Crippen molar-refractivity contribution in [1.82, 2.24) is 14.5 Å². The first-order valence-electron chi connectivity index (χ1n) is 11.5. The van der Waals surface area contributed by atoms with Gasteiger partial charge in [0, 0.05) is 28.6 Å². The number of fused-ring (bicyclic) bond motifs is 2. The normalized spacial score (nSPS) is 16.2. The molecule has 1 atom stereocenters. The quantitative estimate of drug-likeness (QED) is 0.312. The van der Waals surface area contributed by atoms with Crippen molar-refractivity contribution in [3.8, 4) is 28.2 Å². The SMILES string of the molecule is O=P1(c2ccccc2)c2c(-c3ccncc3)cccc2-n2c(-c3ccccc3)nc3cccc1c32. The van der Waals surface area contributed by atoms with E-state index in [0.717, 1.165) is 55.1 Å². The molecule has 4 nitrogen and oxygen atoms in total. The van der Waals surface area contributed by atoms with Gasteiger partial charge in [0.25, 0.3) is 0 Å². The lowest BCUT2D eigenvalue weighted by molar-refractivity contribution is 0.592. The van der Waals surface area contributed by atoms with Gasteiger partial charge in [-0.05, 0) is 41.5 Å². The van der Waals surface area contributed by atoms with Crippen LogP contribution in [0.2, 0.25) is 0 Å². The highest BCUT2D eigenvalue weighted by Crippen LogP contribution is 2.52. The zero-order chi connectivity index (χ0) is 23.4. The van der Waals surface area contributed by atoms with E-state index >= 15 is 4.57 Å². The van der Waals surface area contributed by atoms with Crippen LogP contribution < -0.4 is 15.9 Å². The zero-order valence-corrected chi connectivity index (χ0v) is 19.6. The minimum absolute atomic E-state index is 0.823. The third-order valence-electron chi connectivity index (χ3n) is 6.71. The molecule has 5 heteroatoms. The number of benzene rings is 4. The van der Waals surface area contributed by atoms with E-state index in [1.165, 1.54) is 0 Å². The first-order chi connectivity index (χ1) is 17.3. The van der Waals surface area contributed by atoms with E-state index in [1.807, 2.05) is 84.9 Å². The van der Waals surface area contributed by atoms with Gasteiger partial charge < -0.3 is 4.57 Å². The molecule has 0 N–H and O–H groups in total. The molecule has 1 aliphatic rings. The van der Waals surface area contributed by atoms with E-state index in [0.29, 0.717) is 0 Å². The van der Waals surface area contributed by atoms with E-state index < -0.39 is 7.14 Å². The largest absolute Gasteiger partial charge is 0.308 e. The van der Waals surface area contributed by atoms with Gasteiger partial charge in [-0.15, -0.1) is 0 Å². The standard InChI is InChI=1S/C30H20N3OP/c34-35(23-11-5-2-6-12-23)27-16-8-14-25-28(27)33(30(32-25)22-9-3-1-4-10-22)26-15-7-13-24(29(26)35)21-17-19-31-20-18-21/h1-20H. The van der Waals surface area contributed by atoms with Crippen LogP contribution in [0.4, 0.5) is 0 Å². The smallest absolute Gasteiger partial charge is 0.175 e. The van der Waals surface area contributed by atoms with Crippen LogP contribution in [-0.4, -0.2) is 14.5 Å². The fraction of sp³-hybridized carbons (Fsp3) is 0. The summed E-state index contributed by atoms with van der Waals surface area (Å²) in [4.78, 5) is 9.25. The van der Waals surface area contributed by atoms with Gasteiger partial charge in [0.1, 0.15) is 5.82 Å². The van der Waals surface area contributed by atoms with Gasteiger partial charge in [0.15, 0.2) is 7.14 Å². The molecule has 2 aromatic heterocycles. The Morgan fingerprint density at radius 2 is 1.37 bits per heavy atom. The molecule has 4 aromatic carbocycles. The van der Waals surface area contributed by atoms with Crippen LogP contribution in [0.1, 0.15) is 0 Å². The lowest BCUT2D eigenvalue weighted by Gasteiger charge is -2.31. The molecule has 0 aliphatic carbocycles. The van der Waals surface area contributed by atoms with E-state index in [-0.39, 0.29) is 0 Å². The Kier molecular flexibility index (Phi) is 4.39. The van der Waals surface area contributed by atoms with Gasteiger partial charge in [-0.2, -0.15) is 0 Å². The van der Waals surface area contributed by atoms with Crippen LogP contribution in [0.15, 0.2) is 122 Å². The van der Waals surface area contributed by atoms with Crippen LogP contribution in [0.3, 0.4) is 0 Å². The third kappa shape index (κ3) is 2.84. The molecule has 35 heavy (non-hydrogen) atoms. The van der Waals surface area contributed by atoms with Crippen LogP contribution in [-0.2, 0) is 4.57 Å². The monoisotopic (exact) mass is 469 g/mol. The third-order valence-corrected chi connectivity index (χ3v) is 9.87. The molecule has 6 aromatic rings. The summed E-state index contributed by atoms with van der Waals surface area (Å²) in [5.41, 5.74) is 5.63. The van der Waals surface area contributed by atoms with Gasteiger partial charge in [0.2, 0.25) is 0 Å². The number of hydrogen-bond acceptors (Lipinski definition) is 3. The maximum atomic E-state index is 15.5. The highest BCUT2D eigenvalue weighted by atomic mass is 31.2. The van der Waals surface area contributed by atoms with Crippen molar-refractivity contribution in [2.75, 3.05) is 0 Å². The molecular formula is C30H20N3OP. The van der Waals surface area contributed by atoms with E-state index in [9.17, 15) is 0 Å². The number of rotatable bonds is 3. The lowest BCUT2D eigenvalue weighted by Crippen LogP contribution is -2.34. The van der Waals surface area contributed by atoms with Crippen molar-refractivity contribution in [2.24, 2.45) is 0 Å². The van der Waals surface area contributed by atoms with Crippen molar-refractivity contribution in [3.05, 3.63) is 122 Å². The molecule has 1 unspecified atom stereocenters. The molecule has 0 bridgehead atoms. The Balaban J connectivity index is 1.69. The first kappa shape index (κ1) is 20.1. The average Bonchev–Trinajstić information content (AvgIpc) is 3.33. The summed E-state index contributed by atoms with van der Waals surface area (Å²) in [6, 6.07) is 36.2. The van der Waals surface area contributed by atoms with Crippen LogP contribution >= 0.6 is 7.14 Å². The maximum absolute atomic E-state index is 15.5. The predicted molar refractivity (Wildman–Crippen MR) is 143 cm³/mol. The number of hydrogen-bond donors (Lipinski definition) is 0. The van der Waals surface area contributed by atoms with Gasteiger partial charge in [0.05, 0.1) is 22.0 Å². The van der Waals surface area contributed by atoms with Crippen molar-refractivity contribution in [1.29, 1.82) is 0 Å². The van der Waals surface area contributed by atoms with Crippen molar-refractivity contribution in [3.63, 3.8) is 0 Å². The minimum Gasteiger partial charge on any atom is -0.308 e. The number of aromatic nitrogens is 3. The van der Waals surface area contributed by atoms with Gasteiger partial charge in [-0.25, -0.2) is 4.98 Å². The van der Waals surface area contributed by atoms with E-state index in [1.54, 1.807) is 12.4 Å². The summed E-state index contributed by atoms with van der Waals surface area (Å²) in [7, 11) is -3.23. The average molecular weight is 469 g/mol. The van der Waals surface area contributed by atoms with Crippen molar-refractivity contribution in [2.45, 2.75) is 0 Å². The van der Waals surface area contributed by atoms with Crippen LogP contribution in [0.25, 0.3) is 39.2 Å². The first-order valence-corrected chi connectivity index (χ1v) is 13.2. The van der Waals surface area contributed by atoms with E-state index in [4.69, 9.17) is 4.98 Å². The predicted octanol–water partition coefficient (Wildman–Crippen LogP) is 5.71. The second kappa shape index (κ2) is 7.63. The fourth-order valence-electron chi connectivity index (χ4n) is 5.21. The summed E-state index contributed by atoms with van der Waals surface area (Å²) < 4.78 is 17.7. The topological polar surface area (TPSA) is 47.8 Å². The molecule has 7 rings (SSSR count). The molecule has 0 amide bonds. The summed E-state index contributed by atoms with van der Waals surface area (Å²) >= 11 is 0. The molecule has 0 fully saturated rings. The summed E-state index contributed by atoms with van der Waals surface area (Å²) in [6.07, 6.45) is 3.56. The molecule has 1 aliphatic heterocycles. The number of pyridine rings is 1. The molecular weight excluding hydrogens is 449 g/mol. The molecule has 0 spiro atoms. The van der Waals surface area contributed by atoms with Crippen molar-refractivity contribution >= 4 is 34.1 Å². The van der Waals surface area contributed by atoms with Crippen LogP contribution in [0, 0.1) is 0 Å². The molecule has 166 valence electrons. The highest BCUT2D eigenvalue weighted by molar-refractivity contribution is 7.86. The Labute approximate surface area is 202 Å². The summed E-state index contributed by atoms with van der Waals surface area (Å²) in [6.45, 7) is 0. The Hall–Kier alpha value is -4.27. The number of nitrogens with zero attached hydrogens (tertiary/aromatic N) is 3. The second-order valence-corrected chi connectivity index (χ2v) is 11.3. The molecule has 0 saturated carbocycles. The Bertz CT molecular complexity index is 1760. The molecule has 0 saturated heterocycles. The molecule has 3 heterocycles. The molecule has 0 radical (unpaired) electrons. The van der Waals surface area contributed by atoms with Gasteiger partial charge in [-0.3, -0.25) is 9.55 Å². The Morgan fingerprint density at radius 1 is 0.657 bits per heavy atom. The summed E-state index contributed by atoms with van der Waals surface area (Å²) in [5, 5.41) is 2.49. The number of imidazole rings is 1. The second-order valence-electron chi connectivity index (χ2n) is 8.64. The lowest BCUT2D eigenvalue weighted by atomic mass is 10.1. The number of para-hydroxylation sites is 1. The van der Waals surface area contributed by atoms with Gasteiger partial charge in [-0.1, -0.05) is 78.9 Å². The van der Waals surface area contributed by atoms with Crippen LogP contribution in [0.5, 0.6) is 0 Å². The van der Waals surface area contributed by atoms with Crippen molar-refractivity contribution < 1.29 is 4.57 Å².